The first-order chi connectivity index (χ1) is 11.6. The Labute approximate surface area is 140 Å². The van der Waals surface area contributed by atoms with Crippen LogP contribution in [0.25, 0.3) is 0 Å². The Morgan fingerprint density at radius 2 is 1.67 bits per heavy atom. The second-order valence-electron chi connectivity index (χ2n) is 5.74. The summed E-state index contributed by atoms with van der Waals surface area (Å²) in [6, 6.07) is 14.0. The van der Waals surface area contributed by atoms with E-state index in [1.165, 1.54) is 0 Å². The van der Waals surface area contributed by atoms with Gasteiger partial charge in [-0.2, -0.15) is 0 Å². The third-order valence-corrected chi connectivity index (χ3v) is 3.85. The van der Waals surface area contributed by atoms with E-state index >= 15 is 0 Å². The van der Waals surface area contributed by atoms with E-state index in [4.69, 9.17) is 20.3 Å². The molecule has 1 amide bonds. The maximum Gasteiger partial charge on any atom is 0.415 e. The van der Waals surface area contributed by atoms with Gasteiger partial charge in [0.2, 0.25) is 0 Å². The monoisotopic (exact) mass is 328 g/mol. The van der Waals surface area contributed by atoms with Crippen LogP contribution in [0.4, 0.5) is 4.79 Å². The summed E-state index contributed by atoms with van der Waals surface area (Å²) in [7, 11) is 0. The molecule has 0 spiro atoms. The van der Waals surface area contributed by atoms with Gasteiger partial charge in [0.15, 0.2) is 0 Å². The van der Waals surface area contributed by atoms with E-state index in [-0.39, 0.29) is 18.7 Å². The molecule has 0 aromatic heterocycles. The van der Waals surface area contributed by atoms with Gasteiger partial charge in [0.25, 0.3) is 0 Å². The maximum absolute atomic E-state index is 12.0. The van der Waals surface area contributed by atoms with Crippen molar-refractivity contribution < 1.29 is 19.4 Å². The highest BCUT2D eigenvalue weighted by Gasteiger charge is 2.25. The van der Waals surface area contributed by atoms with E-state index in [0.717, 1.165) is 12.0 Å². The summed E-state index contributed by atoms with van der Waals surface area (Å²) in [5.74, 6) is 1.76. The van der Waals surface area contributed by atoms with Crippen LogP contribution in [0.15, 0.2) is 48.5 Å². The number of nitrogens with two attached hydrogens (primary N) is 1. The zero-order valence-electron chi connectivity index (χ0n) is 13.2. The molecule has 1 fully saturated rings. The highest BCUT2D eigenvalue weighted by Crippen LogP contribution is 2.24. The highest BCUT2D eigenvalue weighted by atomic mass is 16.6. The average molecular weight is 328 g/mol. The molecule has 0 saturated carbocycles. The van der Waals surface area contributed by atoms with Gasteiger partial charge < -0.3 is 25.2 Å². The van der Waals surface area contributed by atoms with E-state index in [0.29, 0.717) is 30.3 Å². The van der Waals surface area contributed by atoms with Crippen LogP contribution < -0.4 is 15.2 Å². The zero-order valence-corrected chi connectivity index (χ0v) is 13.2. The molecule has 2 aromatic rings. The number of carbonyl (C=O) groups excluding carboxylic acids is 1. The fourth-order valence-corrected chi connectivity index (χ4v) is 2.49. The Kier molecular flexibility index (Phi) is 4.98. The molecule has 126 valence electrons. The van der Waals surface area contributed by atoms with Crippen molar-refractivity contribution in [3.63, 3.8) is 0 Å². The molecule has 1 saturated heterocycles. The molecule has 1 aliphatic heterocycles. The van der Waals surface area contributed by atoms with Gasteiger partial charge >= 0.3 is 6.09 Å². The van der Waals surface area contributed by atoms with Gasteiger partial charge in [-0.3, -0.25) is 0 Å². The van der Waals surface area contributed by atoms with E-state index in [2.05, 4.69) is 0 Å². The van der Waals surface area contributed by atoms with Crippen LogP contribution in [0.5, 0.6) is 17.2 Å². The van der Waals surface area contributed by atoms with Gasteiger partial charge in [0.1, 0.15) is 17.2 Å². The summed E-state index contributed by atoms with van der Waals surface area (Å²) in [6.07, 6.45) is 0.424. The van der Waals surface area contributed by atoms with Crippen LogP contribution in [0.1, 0.15) is 12.0 Å². The first-order valence-corrected chi connectivity index (χ1v) is 7.84. The number of hydrogen-bond acceptors (Lipinski definition) is 5. The molecule has 3 N–H and O–H groups in total. The largest absolute Gasteiger partial charge is 0.457 e. The van der Waals surface area contributed by atoms with Crippen molar-refractivity contribution in [2.45, 2.75) is 19.1 Å². The summed E-state index contributed by atoms with van der Waals surface area (Å²) in [6.45, 7) is 1.16. The Morgan fingerprint density at radius 3 is 2.21 bits per heavy atom. The first-order valence-electron chi connectivity index (χ1n) is 7.84. The molecule has 24 heavy (non-hydrogen) atoms. The summed E-state index contributed by atoms with van der Waals surface area (Å²) in [5.41, 5.74) is 6.61. The van der Waals surface area contributed by atoms with Crippen LogP contribution in [-0.4, -0.2) is 35.2 Å². The van der Waals surface area contributed by atoms with Crippen LogP contribution in [0, 0.1) is 0 Å². The summed E-state index contributed by atoms with van der Waals surface area (Å²) in [4.78, 5) is 13.6. The predicted molar refractivity (Wildman–Crippen MR) is 89.1 cm³/mol. The Balaban J connectivity index is 1.57. The molecule has 6 nitrogen and oxygen atoms in total. The van der Waals surface area contributed by atoms with E-state index < -0.39 is 0 Å². The summed E-state index contributed by atoms with van der Waals surface area (Å²) < 4.78 is 11.0. The average Bonchev–Trinajstić information content (AvgIpc) is 3.04. The number of ether oxygens (including phenoxy) is 2. The number of aliphatic hydroxyl groups is 1. The molecule has 0 aliphatic carbocycles. The Bertz CT molecular complexity index is 685. The molecule has 0 radical (unpaired) electrons. The molecule has 2 aromatic carbocycles. The van der Waals surface area contributed by atoms with Crippen molar-refractivity contribution in [2.75, 3.05) is 13.1 Å². The van der Waals surface area contributed by atoms with Crippen molar-refractivity contribution in [3.05, 3.63) is 54.1 Å². The van der Waals surface area contributed by atoms with E-state index in [1.807, 2.05) is 0 Å². The zero-order chi connectivity index (χ0) is 16.9. The van der Waals surface area contributed by atoms with Crippen LogP contribution in [0.2, 0.25) is 0 Å². The lowest BCUT2D eigenvalue weighted by atomic mass is 10.2. The minimum Gasteiger partial charge on any atom is -0.457 e. The molecular formula is C18H20N2O4. The summed E-state index contributed by atoms with van der Waals surface area (Å²) >= 11 is 0. The summed E-state index contributed by atoms with van der Waals surface area (Å²) in [5, 5.41) is 9.02. The van der Waals surface area contributed by atoms with Gasteiger partial charge in [-0.05, 0) is 48.4 Å². The predicted octanol–water partition coefficient (Wildman–Crippen LogP) is 2.50. The van der Waals surface area contributed by atoms with Crippen molar-refractivity contribution in [3.8, 4) is 17.2 Å². The minimum absolute atomic E-state index is 0.00225. The standard InChI is InChI=1S/C18H20N2O4/c19-14-9-10-20(11-14)18(22)24-17-7-5-16(6-8-17)23-15-3-1-13(12-21)2-4-15/h1-8,14,21H,9-12,19H2/t14-/m1/s1. The van der Waals surface area contributed by atoms with Crippen LogP contribution in [0.3, 0.4) is 0 Å². The normalized spacial score (nSPS) is 16.9. The van der Waals surface area contributed by atoms with Gasteiger partial charge in [-0.15, -0.1) is 0 Å². The number of hydrogen-bond donors (Lipinski definition) is 2. The third-order valence-electron chi connectivity index (χ3n) is 3.85. The van der Waals surface area contributed by atoms with Gasteiger partial charge in [-0.25, -0.2) is 4.79 Å². The fraction of sp³-hybridized carbons (Fsp3) is 0.278. The van der Waals surface area contributed by atoms with Crippen molar-refractivity contribution in [1.82, 2.24) is 4.90 Å². The third kappa shape index (κ3) is 4.04. The SMILES string of the molecule is N[C@@H]1CCN(C(=O)Oc2ccc(Oc3ccc(CO)cc3)cc2)C1. The number of likely N-dealkylation sites (tertiary alicyclic amines) is 1. The number of nitrogens with zero attached hydrogens (tertiary/aromatic N) is 1. The lowest BCUT2D eigenvalue weighted by Crippen LogP contribution is -2.33. The molecule has 1 heterocycles. The molecule has 6 heteroatoms. The van der Waals surface area contributed by atoms with Gasteiger partial charge in [-0.1, -0.05) is 12.1 Å². The number of amides is 1. The number of rotatable bonds is 4. The van der Waals surface area contributed by atoms with Crippen LogP contribution in [-0.2, 0) is 6.61 Å². The van der Waals surface area contributed by atoms with E-state index in [9.17, 15) is 4.79 Å². The van der Waals surface area contributed by atoms with Gasteiger partial charge in [0.05, 0.1) is 6.61 Å². The second kappa shape index (κ2) is 7.33. The fourth-order valence-electron chi connectivity index (χ4n) is 2.49. The highest BCUT2D eigenvalue weighted by molar-refractivity contribution is 5.71. The van der Waals surface area contributed by atoms with Crippen LogP contribution >= 0.6 is 0 Å². The Hall–Kier alpha value is -2.57. The first kappa shape index (κ1) is 16.3. The second-order valence-corrected chi connectivity index (χ2v) is 5.74. The molecular weight excluding hydrogens is 308 g/mol. The quantitative estimate of drug-likeness (QED) is 0.901. The molecule has 0 unspecified atom stereocenters. The van der Waals surface area contributed by atoms with Crippen molar-refractivity contribution >= 4 is 6.09 Å². The minimum atomic E-state index is -0.379. The lowest BCUT2D eigenvalue weighted by molar-refractivity contribution is 0.162. The number of carbonyl (C=O) groups is 1. The van der Waals surface area contributed by atoms with Crippen molar-refractivity contribution in [2.24, 2.45) is 5.73 Å². The number of aliphatic hydroxyl groups excluding tert-OH is 1. The molecule has 1 aliphatic rings. The van der Waals surface area contributed by atoms with Gasteiger partial charge in [0, 0.05) is 19.1 Å². The number of benzene rings is 2. The smallest absolute Gasteiger partial charge is 0.415 e. The lowest BCUT2D eigenvalue weighted by Gasteiger charge is -2.15. The molecule has 0 bridgehead atoms. The van der Waals surface area contributed by atoms with Crippen molar-refractivity contribution in [1.29, 1.82) is 0 Å². The molecule has 3 rings (SSSR count). The topological polar surface area (TPSA) is 85.0 Å². The maximum atomic E-state index is 12.0. The Morgan fingerprint density at radius 1 is 1.08 bits per heavy atom. The van der Waals surface area contributed by atoms with E-state index in [1.54, 1.807) is 53.4 Å². The molecule has 1 atom stereocenters.